The average Bonchev–Trinajstić information content (AvgIpc) is 2.99. The first-order valence-electron chi connectivity index (χ1n) is 7.25. The molecule has 0 spiro atoms. The van der Waals surface area contributed by atoms with E-state index in [1.54, 1.807) is 14.2 Å². The van der Waals surface area contributed by atoms with Gasteiger partial charge in [-0.2, -0.15) is 11.8 Å². The van der Waals surface area contributed by atoms with Crippen molar-refractivity contribution in [3.8, 4) is 5.88 Å². The van der Waals surface area contributed by atoms with Gasteiger partial charge in [0.05, 0.1) is 19.3 Å². The molecular formula is C15H25IN4OS. The van der Waals surface area contributed by atoms with Gasteiger partial charge in [0.2, 0.25) is 5.88 Å². The Morgan fingerprint density at radius 3 is 2.91 bits per heavy atom. The lowest BCUT2D eigenvalue weighted by Crippen LogP contribution is -2.42. The number of aliphatic imine (C=N–C) groups is 1. The molecule has 0 aliphatic heterocycles. The van der Waals surface area contributed by atoms with Crippen molar-refractivity contribution in [1.29, 1.82) is 0 Å². The van der Waals surface area contributed by atoms with Crippen LogP contribution in [0.25, 0.3) is 0 Å². The Labute approximate surface area is 154 Å². The van der Waals surface area contributed by atoms with Gasteiger partial charge in [0.1, 0.15) is 0 Å². The molecule has 1 aliphatic carbocycles. The van der Waals surface area contributed by atoms with E-state index in [1.165, 1.54) is 19.3 Å². The van der Waals surface area contributed by atoms with Gasteiger partial charge in [-0.3, -0.25) is 4.99 Å². The van der Waals surface area contributed by atoms with E-state index in [4.69, 9.17) is 4.74 Å². The van der Waals surface area contributed by atoms with Gasteiger partial charge in [0.25, 0.3) is 0 Å². The summed E-state index contributed by atoms with van der Waals surface area (Å²) in [5.74, 6) is 1.47. The van der Waals surface area contributed by atoms with Gasteiger partial charge >= 0.3 is 0 Å². The molecule has 1 aromatic heterocycles. The minimum absolute atomic E-state index is 0. The molecule has 0 saturated heterocycles. The number of ether oxygens (including phenoxy) is 1. The molecule has 1 saturated carbocycles. The number of hydrogen-bond acceptors (Lipinski definition) is 4. The summed E-state index contributed by atoms with van der Waals surface area (Å²) in [5, 5.41) is 7.58. The molecule has 5 nitrogen and oxygen atoms in total. The topological polar surface area (TPSA) is 58.5 Å². The van der Waals surface area contributed by atoms with Gasteiger partial charge in [-0.05, 0) is 31.6 Å². The second-order valence-corrected chi connectivity index (χ2v) is 6.25. The van der Waals surface area contributed by atoms with Crippen molar-refractivity contribution in [3.63, 3.8) is 0 Å². The van der Waals surface area contributed by atoms with Crippen LogP contribution in [0, 0.1) is 0 Å². The lowest BCUT2D eigenvalue weighted by molar-refractivity contribution is 0.396. The Bertz CT molecular complexity index is 486. The molecule has 1 heterocycles. The van der Waals surface area contributed by atoms with Crippen LogP contribution in [0.15, 0.2) is 23.2 Å². The molecule has 2 unspecified atom stereocenters. The Balaban J connectivity index is 0.00000242. The van der Waals surface area contributed by atoms with Crippen LogP contribution in [-0.4, -0.2) is 42.6 Å². The summed E-state index contributed by atoms with van der Waals surface area (Å²) >= 11 is 1.96. The van der Waals surface area contributed by atoms with E-state index in [2.05, 4.69) is 26.9 Å². The van der Waals surface area contributed by atoms with E-state index in [0.717, 1.165) is 16.9 Å². The molecule has 2 atom stereocenters. The molecule has 0 amide bonds. The second kappa shape index (κ2) is 10.1. The zero-order valence-electron chi connectivity index (χ0n) is 13.3. The maximum Gasteiger partial charge on any atom is 0.213 e. The second-order valence-electron chi connectivity index (χ2n) is 5.11. The molecule has 7 heteroatoms. The van der Waals surface area contributed by atoms with Crippen molar-refractivity contribution in [3.05, 3.63) is 23.9 Å². The van der Waals surface area contributed by atoms with Gasteiger partial charge in [-0.15, -0.1) is 24.0 Å². The monoisotopic (exact) mass is 436 g/mol. The number of methoxy groups -OCH3 is 1. The summed E-state index contributed by atoms with van der Waals surface area (Å²) in [7, 11) is 3.43. The first kappa shape index (κ1) is 19.3. The number of hydrogen-bond donors (Lipinski definition) is 2. The maximum atomic E-state index is 5.13. The van der Waals surface area contributed by atoms with Crippen molar-refractivity contribution in [2.45, 2.75) is 37.1 Å². The number of aromatic nitrogens is 1. The number of nitrogens with zero attached hydrogens (tertiary/aromatic N) is 2. The lowest BCUT2D eigenvalue weighted by atomic mass is 10.2. The largest absolute Gasteiger partial charge is 0.481 e. The van der Waals surface area contributed by atoms with Gasteiger partial charge in [-0.1, -0.05) is 6.07 Å². The van der Waals surface area contributed by atoms with Crippen molar-refractivity contribution < 1.29 is 4.74 Å². The third kappa shape index (κ3) is 5.83. The van der Waals surface area contributed by atoms with E-state index in [1.807, 2.05) is 30.0 Å². The first-order chi connectivity index (χ1) is 10.2. The normalized spacial score (nSPS) is 21.1. The predicted octanol–water partition coefficient (Wildman–Crippen LogP) is 2.66. The van der Waals surface area contributed by atoms with Crippen molar-refractivity contribution in [1.82, 2.24) is 15.6 Å². The van der Waals surface area contributed by atoms with E-state index in [9.17, 15) is 0 Å². The molecule has 0 radical (unpaired) electrons. The van der Waals surface area contributed by atoms with Crippen LogP contribution in [0.4, 0.5) is 0 Å². The summed E-state index contributed by atoms with van der Waals surface area (Å²) in [6.45, 7) is 0.634. The van der Waals surface area contributed by atoms with Crippen LogP contribution in [-0.2, 0) is 6.54 Å². The highest BCUT2D eigenvalue weighted by atomic mass is 127. The average molecular weight is 436 g/mol. The molecule has 124 valence electrons. The minimum Gasteiger partial charge on any atom is -0.481 e. The van der Waals surface area contributed by atoms with E-state index >= 15 is 0 Å². The van der Waals surface area contributed by atoms with Crippen LogP contribution in [0.5, 0.6) is 5.88 Å². The Kier molecular flexibility index (Phi) is 8.92. The van der Waals surface area contributed by atoms with Crippen LogP contribution >= 0.6 is 35.7 Å². The van der Waals surface area contributed by atoms with E-state index in [0.29, 0.717) is 18.5 Å². The Hall–Kier alpha value is -0.700. The van der Waals surface area contributed by atoms with Gasteiger partial charge in [0, 0.05) is 24.4 Å². The van der Waals surface area contributed by atoms with Crippen molar-refractivity contribution in [2.75, 3.05) is 20.4 Å². The van der Waals surface area contributed by atoms with E-state index in [-0.39, 0.29) is 24.0 Å². The standard InChI is InChI=1S/C15H24N4OS.HI/c1-16-15(19-11-7-8-13(9-11)21-3)17-10-12-5-4-6-14(18-12)20-2;/h4-6,11,13H,7-10H2,1-3H3,(H2,16,17,19);1H. The number of pyridine rings is 1. The number of rotatable bonds is 5. The summed E-state index contributed by atoms with van der Waals surface area (Å²) in [6, 6.07) is 6.28. The fraction of sp³-hybridized carbons (Fsp3) is 0.600. The van der Waals surface area contributed by atoms with Crippen molar-refractivity contribution in [2.24, 2.45) is 4.99 Å². The smallest absolute Gasteiger partial charge is 0.213 e. The molecule has 0 bridgehead atoms. The number of halogens is 1. The van der Waals surface area contributed by atoms with Gasteiger partial charge in [0.15, 0.2) is 5.96 Å². The third-order valence-electron chi connectivity index (χ3n) is 3.71. The number of guanidine groups is 1. The molecule has 1 aromatic rings. The van der Waals surface area contributed by atoms with Gasteiger partial charge in [-0.25, -0.2) is 4.98 Å². The molecule has 1 aliphatic rings. The fourth-order valence-corrected chi connectivity index (χ4v) is 3.31. The van der Waals surface area contributed by atoms with E-state index < -0.39 is 0 Å². The Morgan fingerprint density at radius 2 is 2.27 bits per heavy atom. The summed E-state index contributed by atoms with van der Waals surface area (Å²) in [4.78, 5) is 8.67. The quantitative estimate of drug-likeness (QED) is 0.422. The summed E-state index contributed by atoms with van der Waals surface area (Å²) in [5.41, 5.74) is 0.936. The SMILES string of the molecule is CN=C(NCc1cccc(OC)n1)NC1CCC(SC)C1.I. The van der Waals surface area contributed by atoms with Crippen molar-refractivity contribution >= 4 is 41.7 Å². The molecule has 2 N–H and O–H groups in total. The predicted molar refractivity (Wildman–Crippen MR) is 104 cm³/mol. The van der Waals surface area contributed by atoms with Crippen LogP contribution in [0.2, 0.25) is 0 Å². The first-order valence-corrected chi connectivity index (χ1v) is 8.54. The molecule has 22 heavy (non-hydrogen) atoms. The van der Waals surface area contributed by atoms with Crippen LogP contribution < -0.4 is 15.4 Å². The summed E-state index contributed by atoms with van der Waals surface area (Å²) in [6.07, 6.45) is 5.89. The maximum absolute atomic E-state index is 5.13. The van der Waals surface area contributed by atoms with Gasteiger partial charge < -0.3 is 15.4 Å². The highest BCUT2D eigenvalue weighted by molar-refractivity contribution is 14.0. The highest BCUT2D eigenvalue weighted by Crippen LogP contribution is 2.27. The molecular weight excluding hydrogens is 411 g/mol. The molecule has 0 aromatic carbocycles. The zero-order valence-corrected chi connectivity index (χ0v) is 16.5. The lowest BCUT2D eigenvalue weighted by Gasteiger charge is -2.17. The molecule has 2 rings (SSSR count). The number of thioether (sulfide) groups is 1. The third-order valence-corrected chi connectivity index (χ3v) is 4.80. The molecule has 1 fully saturated rings. The number of nitrogens with one attached hydrogen (secondary N) is 2. The minimum atomic E-state index is 0. The summed E-state index contributed by atoms with van der Waals surface area (Å²) < 4.78 is 5.13. The van der Waals surface area contributed by atoms with Crippen LogP contribution in [0.3, 0.4) is 0 Å². The Morgan fingerprint density at radius 1 is 1.45 bits per heavy atom. The highest BCUT2D eigenvalue weighted by Gasteiger charge is 2.24. The van der Waals surface area contributed by atoms with Crippen LogP contribution in [0.1, 0.15) is 25.0 Å². The zero-order chi connectivity index (χ0) is 15.1. The fourth-order valence-electron chi connectivity index (χ4n) is 2.52.